The van der Waals surface area contributed by atoms with Gasteiger partial charge in [0.2, 0.25) is 0 Å². The molecule has 6 heteroatoms. The van der Waals surface area contributed by atoms with E-state index < -0.39 is 5.82 Å². The molecule has 1 aliphatic heterocycles. The van der Waals surface area contributed by atoms with Gasteiger partial charge in [-0.25, -0.2) is 4.39 Å². The fourth-order valence-corrected chi connectivity index (χ4v) is 3.15. The molecule has 1 saturated heterocycles. The number of nitrogens with one attached hydrogen (secondary N) is 1. The Labute approximate surface area is 139 Å². The van der Waals surface area contributed by atoms with Gasteiger partial charge in [0.15, 0.2) is 0 Å². The molecule has 0 unspecified atom stereocenters. The van der Waals surface area contributed by atoms with Gasteiger partial charge in [-0.15, -0.1) is 0 Å². The maximum atomic E-state index is 13.8. The summed E-state index contributed by atoms with van der Waals surface area (Å²) in [6.45, 7) is 0.826. The zero-order chi connectivity index (χ0) is 16.4. The number of amides is 1. The Morgan fingerprint density at radius 2 is 2.26 bits per heavy atom. The van der Waals surface area contributed by atoms with Gasteiger partial charge in [0, 0.05) is 18.9 Å². The lowest BCUT2D eigenvalue weighted by atomic mass is 9.99. The Hall–Kier alpha value is -1.98. The summed E-state index contributed by atoms with van der Waals surface area (Å²) >= 11 is 5.76. The summed E-state index contributed by atoms with van der Waals surface area (Å²) in [5.74, 6) is -0.611. The minimum Gasteiger partial charge on any atom is -0.347 e. The van der Waals surface area contributed by atoms with Crippen LogP contribution in [0.1, 0.15) is 28.4 Å². The summed E-state index contributed by atoms with van der Waals surface area (Å²) in [7, 11) is 1.97. The first-order valence-corrected chi connectivity index (χ1v) is 7.80. The first kappa shape index (κ1) is 15.9. The highest BCUT2D eigenvalue weighted by Crippen LogP contribution is 2.32. The molecule has 0 bridgehead atoms. The van der Waals surface area contributed by atoms with Gasteiger partial charge >= 0.3 is 0 Å². The van der Waals surface area contributed by atoms with Crippen LogP contribution in [0.2, 0.25) is 5.02 Å². The molecule has 1 aromatic heterocycles. The molecule has 1 amide bonds. The molecule has 2 heterocycles. The first-order chi connectivity index (χ1) is 11.1. The fraction of sp³-hybridized carbons (Fsp3) is 0.294. The quantitative estimate of drug-likeness (QED) is 0.939. The third-order valence-corrected chi connectivity index (χ3v) is 4.48. The first-order valence-electron chi connectivity index (χ1n) is 7.42. The van der Waals surface area contributed by atoms with Crippen molar-refractivity contribution in [3.63, 3.8) is 0 Å². The molecule has 1 aliphatic rings. The van der Waals surface area contributed by atoms with E-state index in [4.69, 9.17) is 11.6 Å². The van der Waals surface area contributed by atoms with Crippen LogP contribution in [0.4, 0.5) is 4.39 Å². The minimum atomic E-state index is -0.443. The number of likely N-dealkylation sites (N-methyl/N-ethyl adjacent to an activating group) is 1. The van der Waals surface area contributed by atoms with Crippen LogP contribution in [-0.2, 0) is 0 Å². The summed E-state index contributed by atoms with van der Waals surface area (Å²) in [5, 5.41) is 3.13. The summed E-state index contributed by atoms with van der Waals surface area (Å²) in [5.41, 5.74) is 1.33. The maximum absolute atomic E-state index is 13.8. The van der Waals surface area contributed by atoms with Gasteiger partial charge in [0.25, 0.3) is 5.91 Å². The number of hydrogen-bond acceptors (Lipinski definition) is 3. The number of likely N-dealkylation sites (tertiary alicyclic amines) is 1. The Morgan fingerprint density at radius 1 is 1.43 bits per heavy atom. The molecule has 23 heavy (non-hydrogen) atoms. The van der Waals surface area contributed by atoms with Crippen LogP contribution in [0.5, 0.6) is 0 Å². The SMILES string of the molecule is CN1CC[C@H](NC(=O)c2cccnc2)[C@H]1c1ccc(Cl)c(F)c1. The Kier molecular flexibility index (Phi) is 4.59. The van der Waals surface area contributed by atoms with Crippen LogP contribution in [-0.4, -0.2) is 35.4 Å². The molecule has 2 atom stereocenters. The van der Waals surface area contributed by atoms with E-state index in [9.17, 15) is 9.18 Å². The number of benzene rings is 1. The van der Waals surface area contributed by atoms with Gasteiger partial charge < -0.3 is 5.32 Å². The highest BCUT2D eigenvalue weighted by atomic mass is 35.5. The molecule has 0 spiro atoms. The molecule has 0 saturated carbocycles. The number of aromatic nitrogens is 1. The van der Waals surface area contributed by atoms with Crippen molar-refractivity contribution in [3.05, 3.63) is 64.7 Å². The number of carbonyl (C=O) groups is 1. The number of rotatable bonds is 3. The minimum absolute atomic E-state index is 0.0811. The zero-order valence-corrected chi connectivity index (χ0v) is 13.4. The third-order valence-electron chi connectivity index (χ3n) is 4.17. The Bertz CT molecular complexity index is 710. The molecule has 2 aromatic rings. The molecule has 3 rings (SSSR count). The number of halogens is 2. The van der Waals surface area contributed by atoms with Crippen LogP contribution < -0.4 is 5.32 Å². The highest BCUT2D eigenvalue weighted by molar-refractivity contribution is 6.30. The number of nitrogens with zero attached hydrogens (tertiary/aromatic N) is 2. The van der Waals surface area contributed by atoms with Crippen molar-refractivity contribution in [1.82, 2.24) is 15.2 Å². The van der Waals surface area contributed by atoms with Gasteiger partial charge in [-0.1, -0.05) is 17.7 Å². The van der Waals surface area contributed by atoms with Crippen molar-refractivity contribution < 1.29 is 9.18 Å². The molecular formula is C17H17ClFN3O. The average molecular weight is 334 g/mol. The van der Waals surface area contributed by atoms with Gasteiger partial charge in [-0.2, -0.15) is 0 Å². The van der Waals surface area contributed by atoms with E-state index in [0.29, 0.717) is 5.56 Å². The van der Waals surface area contributed by atoms with Crippen LogP contribution in [0, 0.1) is 5.82 Å². The second-order valence-electron chi connectivity index (χ2n) is 5.71. The number of carbonyl (C=O) groups excluding carboxylic acids is 1. The summed E-state index contributed by atoms with van der Waals surface area (Å²) < 4.78 is 13.8. The molecule has 1 N–H and O–H groups in total. The van der Waals surface area contributed by atoms with E-state index >= 15 is 0 Å². The molecule has 1 aromatic carbocycles. The molecule has 1 fully saturated rings. The standard InChI is InChI=1S/C17H17ClFN3O/c1-22-8-6-15(21-17(23)12-3-2-7-20-10-12)16(22)11-4-5-13(18)14(19)9-11/h2-5,7,9-10,15-16H,6,8H2,1H3,(H,21,23)/t15-,16+/m0/s1. The maximum Gasteiger partial charge on any atom is 0.253 e. The molecular weight excluding hydrogens is 317 g/mol. The Morgan fingerprint density at radius 3 is 2.96 bits per heavy atom. The van der Waals surface area contributed by atoms with Crippen LogP contribution >= 0.6 is 11.6 Å². The van der Waals surface area contributed by atoms with Gasteiger partial charge in [-0.05, 0) is 43.3 Å². The van der Waals surface area contributed by atoms with Gasteiger partial charge in [0.05, 0.1) is 22.7 Å². The van der Waals surface area contributed by atoms with Crippen molar-refractivity contribution >= 4 is 17.5 Å². The lowest BCUT2D eigenvalue weighted by molar-refractivity contribution is 0.0927. The van der Waals surface area contributed by atoms with Crippen molar-refractivity contribution in [1.29, 1.82) is 0 Å². The second-order valence-corrected chi connectivity index (χ2v) is 6.12. The van der Waals surface area contributed by atoms with E-state index in [-0.39, 0.29) is 23.0 Å². The van der Waals surface area contributed by atoms with E-state index in [0.717, 1.165) is 18.5 Å². The Balaban J connectivity index is 1.81. The van der Waals surface area contributed by atoms with Gasteiger partial charge in [-0.3, -0.25) is 14.7 Å². The smallest absolute Gasteiger partial charge is 0.253 e. The van der Waals surface area contributed by atoms with Crippen molar-refractivity contribution in [2.45, 2.75) is 18.5 Å². The topological polar surface area (TPSA) is 45.2 Å². The number of hydrogen-bond donors (Lipinski definition) is 1. The fourth-order valence-electron chi connectivity index (χ4n) is 3.03. The number of pyridine rings is 1. The lowest BCUT2D eigenvalue weighted by Gasteiger charge is -2.26. The van der Waals surface area contributed by atoms with E-state index in [1.54, 1.807) is 30.5 Å². The van der Waals surface area contributed by atoms with Crippen LogP contribution in [0.3, 0.4) is 0 Å². The summed E-state index contributed by atoms with van der Waals surface area (Å²) in [6, 6.07) is 8.08. The molecule has 0 aliphatic carbocycles. The predicted molar refractivity (Wildman–Crippen MR) is 86.9 cm³/mol. The molecule has 4 nitrogen and oxygen atoms in total. The van der Waals surface area contributed by atoms with Crippen LogP contribution in [0.25, 0.3) is 0 Å². The largest absolute Gasteiger partial charge is 0.347 e. The third kappa shape index (κ3) is 3.35. The zero-order valence-electron chi connectivity index (χ0n) is 12.7. The molecule has 120 valence electrons. The summed E-state index contributed by atoms with van der Waals surface area (Å²) in [4.78, 5) is 18.4. The normalized spacial score (nSPS) is 21.3. The predicted octanol–water partition coefficient (Wildman–Crippen LogP) is 3.05. The van der Waals surface area contributed by atoms with Crippen molar-refractivity contribution in [2.24, 2.45) is 0 Å². The monoisotopic (exact) mass is 333 g/mol. The van der Waals surface area contributed by atoms with E-state index in [1.807, 2.05) is 7.05 Å². The van der Waals surface area contributed by atoms with E-state index in [1.165, 1.54) is 12.3 Å². The average Bonchev–Trinajstić information content (AvgIpc) is 2.91. The van der Waals surface area contributed by atoms with E-state index in [2.05, 4.69) is 15.2 Å². The van der Waals surface area contributed by atoms with Gasteiger partial charge in [0.1, 0.15) is 5.82 Å². The lowest BCUT2D eigenvalue weighted by Crippen LogP contribution is -2.39. The molecule has 0 radical (unpaired) electrons. The summed E-state index contributed by atoms with van der Waals surface area (Å²) in [6.07, 6.45) is 3.96. The van der Waals surface area contributed by atoms with Crippen LogP contribution in [0.15, 0.2) is 42.7 Å². The van der Waals surface area contributed by atoms with Crippen molar-refractivity contribution in [2.75, 3.05) is 13.6 Å². The second kappa shape index (κ2) is 6.64. The van der Waals surface area contributed by atoms with Crippen molar-refractivity contribution in [3.8, 4) is 0 Å². The highest BCUT2D eigenvalue weighted by Gasteiger charge is 2.34.